The Morgan fingerprint density at radius 2 is 2.21 bits per heavy atom. The van der Waals surface area contributed by atoms with E-state index in [-0.39, 0.29) is 5.41 Å². The van der Waals surface area contributed by atoms with E-state index >= 15 is 0 Å². The Labute approximate surface area is 114 Å². The molecule has 0 amide bonds. The quantitative estimate of drug-likeness (QED) is 0.815. The molecule has 1 aliphatic rings. The van der Waals surface area contributed by atoms with Gasteiger partial charge in [-0.3, -0.25) is 0 Å². The molecule has 102 valence electrons. The van der Waals surface area contributed by atoms with Gasteiger partial charge in [0.2, 0.25) is 0 Å². The second-order valence-corrected chi connectivity index (χ2v) is 5.12. The van der Waals surface area contributed by atoms with Crippen LogP contribution in [-0.4, -0.2) is 33.4 Å². The summed E-state index contributed by atoms with van der Waals surface area (Å²) in [6, 6.07) is 8.48. The summed E-state index contributed by atoms with van der Waals surface area (Å²) < 4.78 is 10.7. The van der Waals surface area contributed by atoms with E-state index in [4.69, 9.17) is 9.47 Å². The minimum Gasteiger partial charge on any atom is -0.494 e. The molecule has 0 N–H and O–H groups in total. The van der Waals surface area contributed by atoms with Gasteiger partial charge < -0.3 is 14.4 Å². The highest BCUT2D eigenvalue weighted by atomic mass is 16.5. The van der Waals surface area contributed by atoms with Crippen LogP contribution in [0.15, 0.2) is 18.2 Å². The normalized spacial score (nSPS) is 16.3. The molecule has 0 saturated carbocycles. The number of hydrogen-bond donors (Lipinski definition) is 0. The monoisotopic (exact) mass is 260 g/mol. The first-order valence-corrected chi connectivity index (χ1v) is 6.54. The van der Waals surface area contributed by atoms with E-state index in [0.717, 1.165) is 17.0 Å². The summed E-state index contributed by atoms with van der Waals surface area (Å²) >= 11 is 0. The van der Waals surface area contributed by atoms with E-state index in [1.165, 1.54) is 0 Å². The Bertz CT molecular complexity index is 489. The molecule has 1 aromatic rings. The number of nitriles is 1. The number of aryl methyl sites for hydroxylation is 1. The second kappa shape index (κ2) is 5.50. The van der Waals surface area contributed by atoms with Crippen LogP contribution in [0.4, 0.5) is 5.69 Å². The zero-order valence-corrected chi connectivity index (χ0v) is 11.8. The molecule has 1 aromatic carbocycles. The molecule has 4 nitrogen and oxygen atoms in total. The van der Waals surface area contributed by atoms with Crippen molar-refractivity contribution in [2.45, 2.75) is 13.8 Å². The predicted octanol–water partition coefficient (Wildman–Crippen LogP) is 2.37. The predicted molar refractivity (Wildman–Crippen MR) is 74.5 cm³/mol. The van der Waals surface area contributed by atoms with Gasteiger partial charge in [0, 0.05) is 19.3 Å². The van der Waals surface area contributed by atoms with Crippen LogP contribution in [0.2, 0.25) is 0 Å². The van der Waals surface area contributed by atoms with E-state index in [0.29, 0.717) is 26.4 Å². The molecule has 0 bridgehead atoms. The van der Waals surface area contributed by atoms with E-state index in [1.54, 1.807) is 0 Å². The van der Waals surface area contributed by atoms with Crippen molar-refractivity contribution >= 4 is 5.69 Å². The molecule has 0 aromatic heterocycles. The van der Waals surface area contributed by atoms with Crippen molar-refractivity contribution in [2.24, 2.45) is 5.41 Å². The van der Waals surface area contributed by atoms with Crippen molar-refractivity contribution in [3.63, 3.8) is 0 Å². The molecule has 0 aliphatic carbocycles. The van der Waals surface area contributed by atoms with Crippen LogP contribution in [0.5, 0.6) is 5.75 Å². The molecule has 0 radical (unpaired) electrons. The molecular weight excluding hydrogens is 240 g/mol. The van der Waals surface area contributed by atoms with Gasteiger partial charge in [-0.25, -0.2) is 0 Å². The maximum atomic E-state index is 9.22. The molecular formula is C15H20N2O2. The minimum absolute atomic E-state index is 0.346. The number of benzene rings is 1. The van der Waals surface area contributed by atoms with E-state index < -0.39 is 0 Å². The molecule has 0 unspecified atom stereocenters. The van der Waals surface area contributed by atoms with Crippen LogP contribution in [-0.2, 0) is 4.74 Å². The number of rotatable bonds is 5. The van der Waals surface area contributed by atoms with Crippen molar-refractivity contribution < 1.29 is 9.47 Å². The van der Waals surface area contributed by atoms with Crippen LogP contribution < -0.4 is 9.64 Å². The van der Waals surface area contributed by atoms with Gasteiger partial charge in [-0.15, -0.1) is 0 Å². The SMILES string of the molecule is CCOc1ccc(N(C)CC2(C#N)COC2)cc1C. The first-order valence-electron chi connectivity index (χ1n) is 6.54. The summed E-state index contributed by atoms with van der Waals surface area (Å²) in [4.78, 5) is 2.11. The summed E-state index contributed by atoms with van der Waals surface area (Å²) in [5.74, 6) is 0.918. The fourth-order valence-electron chi connectivity index (χ4n) is 2.27. The first kappa shape index (κ1) is 13.7. The Hall–Kier alpha value is -1.73. The smallest absolute Gasteiger partial charge is 0.122 e. The van der Waals surface area contributed by atoms with Crippen LogP contribution in [0.25, 0.3) is 0 Å². The van der Waals surface area contributed by atoms with Crippen molar-refractivity contribution in [2.75, 3.05) is 38.3 Å². The largest absolute Gasteiger partial charge is 0.494 e. The Balaban J connectivity index is 2.09. The van der Waals surface area contributed by atoms with Gasteiger partial charge in [0.15, 0.2) is 0 Å². The van der Waals surface area contributed by atoms with Gasteiger partial charge in [-0.2, -0.15) is 5.26 Å². The lowest BCUT2D eigenvalue weighted by Crippen LogP contribution is -2.49. The topological polar surface area (TPSA) is 45.5 Å². The number of anilines is 1. The third-order valence-corrected chi connectivity index (χ3v) is 3.43. The number of hydrogen-bond acceptors (Lipinski definition) is 4. The van der Waals surface area contributed by atoms with Crippen molar-refractivity contribution in [3.8, 4) is 11.8 Å². The Morgan fingerprint density at radius 1 is 1.47 bits per heavy atom. The lowest BCUT2D eigenvalue weighted by Gasteiger charge is -2.38. The van der Waals surface area contributed by atoms with E-state index in [1.807, 2.05) is 33.0 Å². The Morgan fingerprint density at radius 3 is 2.68 bits per heavy atom. The van der Waals surface area contributed by atoms with Gasteiger partial charge in [-0.05, 0) is 37.6 Å². The summed E-state index contributed by atoms with van der Waals surface area (Å²) in [6.07, 6.45) is 0. The molecule has 1 aliphatic heterocycles. The van der Waals surface area contributed by atoms with Crippen LogP contribution in [0.1, 0.15) is 12.5 Å². The molecule has 1 fully saturated rings. The first-order chi connectivity index (χ1) is 9.10. The molecule has 1 saturated heterocycles. The highest BCUT2D eigenvalue weighted by Gasteiger charge is 2.40. The van der Waals surface area contributed by atoms with Gasteiger partial charge in [-0.1, -0.05) is 0 Å². The minimum atomic E-state index is -0.346. The van der Waals surface area contributed by atoms with Gasteiger partial charge in [0.25, 0.3) is 0 Å². The van der Waals surface area contributed by atoms with Gasteiger partial charge in [0.1, 0.15) is 11.2 Å². The highest BCUT2D eigenvalue weighted by molar-refractivity contribution is 5.52. The van der Waals surface area contributed by atoms with Gasteiger partial charge in [0.05, 0.1) is 25.9 Å². The fourth-order valence-corrected chi connectivity index (χ4v) is 2.27. The van der Waals surface area contributed by atoms with Crippen molar-refractivity contribution in [1.82, 2.24) is 0 Å². The van der Waals surface area contributed by atoms with E-state index in [2.05, 4.69) is 17.0 Å². The number of ether oxygens (including phenoxy) is 2. The van der Waals surface area contributed by atoms with Crippen LogP contribution >= 0.6 is 0 Å². The third-order valence-electron chi connectivity index (χ3n) is 3.43. The van der Waals surface area contributed by atoms with Crippen LogP contribution in [0, 0.1) is 23.7 Å². The molecule has 1 heterocycles. The lowest BCUT2D eigenvalue weighted by atomic mass is 9.87. The maximum absolute atomic E-state index is 9.22. The molecule has 0 spiro atoms. The molecule has 0 atom stereocenters. The standard InChI is InChI=1S/C15H20N2O2/c1-4-19-14-6-5-13(7-12(14)2)17(3)9-15(8-16)10-18-11-15/h5-7H,4,9-11H2,1-3H3. The summed E-state index contributed by atoms with van der Waals surface area (Å²) in [5, 5.41) is 9.22. The van der Waals surface area contributed by atoms with Gasteiger partial charge >= 0.3 is 0 Å². The highest BCUT2D eigenvalue weighted by Crippen LogP contribution is 2.30. The zero-order valence-electron chi connectivity index (χ0n) is 11.8. The van der Waals surface area contributed by atoms with E-state index in [9.17, 15) is 5.26 Å². The maximum Gasteiger partial charge on any atom is 0.122 e. The summed E-state index contributed by atoms with van der Waals surface area (Å²) in [5.41, 5.74) is 1.87. The molecule has 19 heavy (non-hydrogen) atoms. The fraction of sp³-hybridized carbons (Fsp3) is 0.533. The summed E-state index contributed by atoms with van der Waals surface area (Å²) in [7, 11) is 2.01. The molecule has 2 rings (SSSR count). The molecule has 4 heteroatoms. The third kappa shape index (κ3) is 2.82. The zero-order chi connectivity index (χ0) is 13.9. The summed E-state index contributed by atoms with van der Waals surface area (Å²) in [6.45, 7) is 6.44. The van der Waals surface area contributed by atoms with Crippen molar-refractivity contribution in [3.05, 3.63) is 23.8 Å². The van der Waals surface area contributed by atoms with Crippen LogP contribution in [0.3, 0.4) is 0 Å². The average molecular weight is 260 g/mol. The second-order valence-electron chi connectivity index (χ2n) is 5.12. The Kier molecular flexibility index (Phi) is 3.96. The lowest BCUT2D eigenvalue weighted by molar-refractivity contribution is -0.0716. The average Bonchev–Trinajstić information content (AvgIpc) is 2.36. The number of nitrogens with zero attached hydrogens (tertiary/aromatic N) is 2. The van der Waals surface area contributed by atoms with Crippen molar-refractivity contribution in [1.29, 1.82) is 5.26 Å².